The van der Waals surface area contributed by atoms with Gasteiger partial charge in [-0.25, -0.2) is 4.98 Å². The van der Waals surface area contributed by atoms with Crippen LogP contribution in [0.3, 0.4) is 0 Å². The third kappa shape index (κ3) is 4.29. The van der Waals surface area contributed by atoms with E-state index in [9.17, 15) is 0 Å². The van der Waals surface area contributed by atoms with Crippen molar-refractivity contribution in [3.8, 4) is 0 Å². The van der Waals surface area contributed by atoms with E-state index in [1.54, 1.807) is 18.4 Å². The van der Waals surface area contributed by atoms with E-state index in [1.165, 1.54) is 11.3 Å². The fourth-order valence-electron chi connectivity index (χ4n) is 2.77. The van der Waals surface area contributed by atoms with Crippen LogP contribution in [0.2, 0.25) is 0 Å². The topological polar surface area (TPSA) is 51.4 Å². The number of nitrogens with two attached hydrogens (primary N) is 1. The quantitative estimate of drug-likeness (QED) is 0.812. The monoisotopic (exact) mass is 375 g/mol. The molecule has 2 N–H and O–H groups in total. The SMILES string of the molecule is COC(C)c1nc(CN2CCCc3c(N)cccc32)cs1.Cl.Cl. The van der Waals surface area contributed by atoms with E-state index in [0.29, 0.717) is 0 Å². The first-order chi connectivity index (χ1) is 10.2. The van der Waals surface area contributed by atoms with Gasteiger partial charge in [0.25, 0.3) is 0 Å². The molecule has 0 fully saturated rings. The van der Waals surface area contributed by atoms with Crippen molar-refractivity contribution in [3.05, 3.63) is 39.8 Å². The van der Waals surface area contributed by atoms with E-state index in [1.807, 2.05) is 19.1 Å². The van der Waals surface area contributed by atoms with Gasteiger partial charge in [0.15, 0.2) is 0 Å². The summed E-state index contributed by atoms with van der Waals surface area (Å²) in [6.07, 6.45) is 2.28. The van der Waals surface area contributed by atoms with Crippen molar-refractivity contribution in [1.82, 2.24) is 4.98 Å². The molecule has 0 aliphatic carbocycles. The van der Waals surface area contributed by atoms with Crippen LogP contribution < -0.4 is 10.6 Å². The highest BCUT2D eigenvalue weighted by atomic mass is 35.5. The summed E-state index contributed by atoms with van der Waals surface area (Å²) in [5.41, 5.74) is 10.7. The smallest absolute Gasteiger partial charge is 0.122 e. The normalized spacial score (nSPS) is 14.4. The van der Waals surface area contributed by atoms with Gasteiger partial charge in [-0.05, 0) is 37.5 Å². The van der Waals surface area contributed by atoms with Crippen LogP contribution in [-0.2, 0) is 17.7 Å². The summed E-state index contributed by atoms with van der Waals surface area (Å²) in [5.74, 6) is 0. The highest BCUT2D eigenvalue weighted by Crippen LogP contribution is 2.32. The van der Waals surface area contributed by atoms with Crippen molar-refractivity contribution >= 4 is 47.5 Å². The summed E-state index contributed by atoms with van der Waals surface area (Å²) in [5, 5.41) is 3.17. The van der Waals surface area contributed by atoms with E-state index in [4.69, 9.17) is 15.5 Å². The Balaban J connectivity index is 0.00000132. The summed E-state index contributed by atoms with van der Waals surface area (Å²) < 4.78 is 5.33. The molecule has 0 bridgehead atoms. The molecule has 23 heavy (non-hydrogen) atoms. The number of anilines is 2. The van der Waals surface area contributed by atoms with Gasteiger partial charge in [0.2, 0.25) is 0 Å². The molecule has 1 aromatic carbocycles. The first kappa shape index (κ1) is 20.0. The molecule has 0 saturated carbocycles. The fraction of sp³-hybridized carbons (Fsp3) is 0.438. The maximum absolute atomic E-state index is 6.10. The number of halogens is 2. The van der Waals surface area contributed by atoms with Crippen molar-refractivity contribution in [2.24, 2.45) is 0 Å². The summed E-state index contributed by atoms with van der Waals surface area (Å²) in [4.78, 5) is 7.07. The first-order valence-electron chi connectivity index (χ1n) is 7.28. The van der Waals surface area contributed by atoms with Crippen LogP contribution in [0.15, 0.2) is 23.6 Å². The lowest BCUT2D eigenvalue weighted by molar-refractivity contribution is 0.119. The van der Waals surface area contributed by atoms with Crippen molar-refractivity contribution in [3.63, 3.8) is 0 Å². The van der Waals surface area contributed by atoms with Crippen LogP contribution >= 0.6 is 36.2 Å². The number of ether oxygens (including phenoxy) is 1. The largest absolute Gasteiger partial charge is 0.398 e. The first-order valence-corrected chi connectivity index (χ1v) is 8.16. The lowest BCUT2D eigenvalue weighted by Gasteiger charge is -2.31. The van der Waals surface area contributed by atoms with E-state index < -0.39 is 0 Å². The molecular weight excluding hydrogens is 353 g/mol. The van der Waals surface area contributed by atoms with Crippen molar-refractivity contribution in [1.29, 1.82) is 0 Å². The van der Waals surface area contributed by atoms with Crippen LogP contribution in [0.1, 0.15) is 35.7 Å². The zero-order chi connectivity index (χ0) is 14.8. The van der Waals surface area contributed by atoms with Gasteiger partial charge < -0.3 is 15.4 Å². The Morgan fingerprint density at radius 3 is 2.91 bits per heavy atom. The van der Waals surface area contributed by atoms with Crippen molar-refractivity contribution < 1.29 is 4.74 Å². The highest BCUT2D eigenvalue weighted by molar-refractivity contribution is 7.09. The van der Waals surface area contributed by atoms with Crippen LogP contribution in [0.4, 0.5) is 11.4 Å². The van der Waals surface area contributed by atoms with Crippen molar-refractivity contribution in [2.45, 2.75) is 32.4 Å². The number of hydrogen-bond donors (Lipinski definition) is 1. The molecule has 128 valence electrons. The minimum absolute atomic E-state index is 0. The second kappa shape index (κ2) is 8.73. The van der Waals surface area contributed by atoms with E-state index in [0.717, 1.165) is 42.3 Å². The average Bonchev–Trinajstić information content (AvgIpc) is 2.96. The second-order valence-corrected chi connectivity index (χ2v) is 6.31. The number of nitrogen functional groups attached to an aromatic ring is 1. The Morgan fingerprint density at radius 2 is 2.17 bits per heavy atom. The molecule has 2 heterocycles. The number of benzene rings is 1. The predicted molar refractivity (Wildman–Crippen MR) is 102 cm³/mol. The molecule has 1 aromatic heterocycles. The fourth-order valence-corrected chi connectivity index (χ4v) is 3.61. The molecule has 1 unspecified atom stereocenters. The Kier molecular flexibility index (Phi) is 7.61. The molecule has 0 saturated heterocycles. The average molecular weight is 376 g/mol. The molecule has 0 radical (unpaired) electrons. The van der Waals surface area contributed by atoms with Crippen LogP contribution in [0, 0.1) is 0 Å². The van der Waals surface area contributed by atoms with E-state index in [-0.39, 0.29) is 30.9 Å². The van der Waals surface area contributed by atoms with Gasteiger partial charge in [0.1, 0.15) is 11.1 Å². The maximum Gasteiger partial charge on any atom is 0.122 e. The van der Waals surface area contributed by atoms with Crippen molar-refractivity contribution in [2.75, 3.05) is 24.3 Å². The number of rotatable bonds is 4. The summed E-state index contributed by atoms with van der Waals surface area (Å²) in [7, 11) is 1.72. The number of fused-ring (bicyclic) bond motifs is 1. The van der Waals surface area contributed by atoms with Gasteiger partial charge in [-0.3, -0.25) is 0 Å². The zero-order valence-corrected chi connectivity index (χ0v) is 15.8. The molecular formula is C16H23Cl2N3OS. The molecule has 0 amide bonds. The van der Waals surface area contributed by atoms with Gasteiger partial charge in [0, 0.05) is 30.4 Å². The molecule has 7 heteroatoms. The van der Waals surface area contributed by atoms with Gasteiger partial charge >= 0.3 is 0 Å². The second-order valence-electron chi connectivity index (χ2n) is 5.43. The lowest BCUT2D eigenvalue weighted by Crippen LogP contribution is -2.29. The minimum atomic E-state index is 0. The van der Waals surface area contributed by atoms with Gasteiger partial charge in [-0.2, -0.15) is 0 Å². The third-order valence-corrected chi connectivity index (χ3v) is 5.06. The van der Waals surface area contributed by atoms with Crippen LogP contribution in [-0.4, -0.2) is 18.6 Å². The Bertz CT molecular complexity index is 636. The molecule has 1 aliphatic rings. The maximum atomic E-state index is 6.10. The Morgan fingerprint density at radius 1 is 1.39 bits per heavy atom. The van der Waals surface area contributed by atoms with Crippen LogP contribution in [0.5, 0.6) is 0 Å². The molecule has 1 atom stereocenters. The molecule has 0 spiro atoms. The third-order valence-electron chi connectivity index (χ3n) is 4.01. The summed E-state index contributed by atoms with van der Waals surface area (Å²) in [6.45, 7) is 3.92. The van der Waals surface area contributed by atoms with E-state index >= 15 is 0 Å². The lowest BCUT2D eigenvalue weighted by atomic mass is 10.00. The summed E-state index contributed by atoms with van der Waals surface area (Å²) in [6, 6.07) is 6.19. The standard InChI is InChI=1S/C16H21N3OS.2ClH/c1-11(20-2)16-18-12(10-21-16)9-19-8-4-5-13-14(17)6-3-7-15(13)19;;/h3,6-7,10-11H,4-5,8-9,17H2,1-2H3;2*1H. The summed E-state index contributed by atoms with van der Waals surface area (Å²) >= 11 is 1.67. The Labute approximate surface area is 153 Å². The highest BCUT2D eigenvalue weighted by Gasteiger charge is 2.20. The molecule has 3 rings (SSSR count). The number of thiazole rings is 1. The minimum Gasteiger partial charge on any atom is -0.398 e. The predicted octanol–water partition coefficient (Wildman–Crippen LogP) is 4.23. The van der Waals surface area contributed by atoms with Gasteiger partial charge in [0.05, 0.1) is 12.2 Å². The molecule has 2 aromatic rings. The van der Waals surface area contributed by atoms with Gasteiger partial charge in [-0.1, -0.05) is 6.07 Å². The van der Waals surface area contributed by atoms with E-state index in [2.05, 4.69) is 16.3 Å². The van der Waals surface area contributed by atoms with Gasteiger partial charge in [-0.15, -0.1) is 36.2 Å². The molecule has 4 nitrogen and oxygen atoms in total. The number of hydrogen-bond acceptors (Lipinski definition) is 5. The number of aromatic nitrogens is 1. The van der Waals surface area contributed by atoms with Crippen LogP contribution in [0.25, 0.3) is 0 Å². The number of nitrogens with zero attached hydrogens (tertiary/aromatic N) is 2. The Hall–Kier alpha value is -1.01. The number of methoxy groups -OCH3 is 1. The molecule has 1 aliphatic heterocycles. The zero-order valence-electron chi connectivity index (χ0n) is 13.3.